The van der Waals surface area contributed by atoms with Crippen LogP contribution in [-0.2, 0) is 5.75 Å². The number of nitrogen functional groups attached to an aromatic ring is 1. The van der Waals surface area contributed by atoms with Gasteiger partial charge in [0.2, 0.25) is 5.69 Å². The molecule has 94 valence electrons. The minimum atomic E-state index is 0.444. The predicted molar refractivity (Wildman–Crippen MR) is 73.2 cm³/mol. The first-order valence-corrected chi connectivity index (χ1v) is 7.38. The molecule has 0 spiro atoms. The van der Waals surface area contributed by atoms with Crippen molar-refractivity contribution < 1.29 is 4.73 Å². The lowest BCUT2D eigenvalue weighted by Gasteiger charge is -2.04. The normalized spacial score (nSPS) is 10.5. The Morgan fingerprint density at radius 2 is 2.22 bits per heavy atom. The fraction of sp³-hybridized carbons (Fsp3) is 0.182. The maximum absolute atomic E-state index is 11.5. The van der Waals surface area contributed by atoms with Crippen LogP contribution in [0.1, 0.15) is 5.69 Å². The Balaban J connectivity index is 2.11. The highest BCUT2D eigenvalue weighted by atomic mass is 32.2. The lowest BCUT2D eigenvalue weighted by Crippen LogP contribution is -2.30. The Kier molecular flexibility index (Phi) is 4.27. The van der Waals surface area contributed by atoms with Crippen LogP contribution < -0.4 is 10.5 Å². The van der Waals surface area contributed by atoms with Crippen molar-refractivity contribution in [1.29, 1.82) is 0 Å². The molecule has 0 aliphatic carbocycles. The maximum Gasteiger partial charge on any atom is 0.203 e. The summed E-state index contributed by atoms with van der Waals surface area (Å²) in [6.07, 6.45) is 3.41. The third-order valence-electron chi connectivity index (χ3n) is 2.16. The summed E-state index contributed by atoms with van der Waals surface area (Å²) in [6.45, 7) is 0. The molecular formula is C11H12N4OS2. The van der Waals surface area contributed by atoms with Gasteiger partial charge in [0, 0.05) is 18.2 Å². The molecule has 0 aliphatic rings. The number of aromatic nitrogens is 3. The largest absolute Gasteiger partial charge is 0.618 e. The number of hydrogen-bond donors (Lipinski definition) is 1. The summed E-state index contributed by atoms with van der Waals surface area (Å²) >= 11 is 2.91. The predicted octanol–water partition coefficient (Wildman–Crippen LogP) is 1.71. The lowest BCUT2D eigenvalue weighted by atomic mass is 10.4. The summed E-state index contributed by atoms with van der Waals surface area (Å²) in [6, 6.07) is 7.04. The molecule has 0 saturated heterocycles. The van der Waals surface area contributed by atoms with Crippen molar-refractivity contribution in [3.05, 3.63) is 41.4 Å². The van der Waals surface area contributed by atoms with E-state index in [0.717, 1.165) is 9.76 Å². The van der Waals surface area contributed by atoms with E-state index in [-0.39, 0.29) is 0 Å². The first-order valence-electron chi connectivity index (χ1n) is 5.17. The molecule has 0 atom stereocenters. The number of rotatable bonds is 4. The monoisotopic (exact) mass is 280 g/mol. The molecule has 0 bridgehead atoms. The van der Waals surface area contributed by atoms with Crippen molar-refractivity contribution >= 4 is 29.3 Å². The molecule has 0 fully saturated rings. The maximum atomic E-state index is 11.5. The van der Waals surface area contributed by atoms with Crippen LogP contribution in [0.5, 0.6) is 0 Å². The quantitative estimate of drug-likeness (QED) is 0.302. The number of anilines is 1. The zero-order valence-electron chi connectivity index (χ0n) is 9.74. The summed E-state index contributed by atoms with van der Waals surface area (Å²) in [5.41, 5.74) is 6.36. The van der Waals surface area contributed by atoms with Crippen LogP contribution in [0.2, 0.25) is 0 Å². The molecular weight excluding hydrogens is 268 g/mol. The highest BCUT2D eigenvalue weighted by Crippen LogP contribution is 2.22. The summed E-state index contributed by atoms with van der Waals surface area (Å²) in [5, 5.41) is 12.9. The molecule has 0 saturated carbocycles. The highest BCUT2D eigenvalue weighted by molar-refractivity contribution is 7.99. The van der Waals surface area contributed by atoms with Crippen LogP contribution in [0.4, 0.5) is 5.82 Å². The van der Waals surface area contributed by atoms with Crippen LogP contribution in [-0.4, -0.2) is 16.2 Å². The molecule has 2 rings (SSSR count). The van der Waals surface area contributed by atoms with Crippen molar-refractivity contribution in [2.24, 2.45) is 0 Å². The van der Waals surface area contributed by atoms with E-state index in [9.17, 15) is 5.21 Å². The van der Waals surface area contributed by atoms with Gasteiger partial charge in [0.15, 0.2) is 11.4 Å². The van der Waals surface area contributed by atoms with Gasteiger partial charge in [0.1, 0.15) is 10.8 Å². The van der Waals surface area contributed by atoms with E-state index >= 15 is 0 Å². The average Bonchev–Trinajstić information content (AvgIpc) is 2.37. The van der Waals surface area contributed by atoms with Crippen LogP contribution in [0, 0.1) is 5.21 Å². The van der Waals surface area contributed by atoms with Gasteiger partial charge >= 0.3 is 0 Å². The molecule has 0 amide bonds. The number of nitrogens with two attached hydrogens (primary N) is 1. The number of thioether (sulfide) groups is 2. The van der Waals surface area contributed by atoms with Gasteiger partial charge < -0.3 is 10.9 Å². The lowest BCUT2D eigenvalue weighted by molar-refractivity contribution is -0.612. The summed E-state index contributed by atoms with van der Waals surface area (Å²) in [4.78, 5) is 8.45. The smallest absolute Gasteiger partial charge is 0.203 e. The molecule has 18 heavy (non-hydrogen) atoms. The first kappa shape index (κ1) is 13.0. The SMILES string of the molecule is CSc1cc(N)nc(SCc2cccc[n+]2[O-])n1. The Morgan fingerprint density at radius 3 is 2.94 bits per heavy atom. The zero-order valence-corrected chi connectivity index (χ0v) is 11.4. The van der Waals surface area contributed by atoms with E-state index in [0.29, 0.717) is 22.4 Å². The van der Waals surface area contributed by atoms with Gasteiger partial charge in [-0.15, -0.1) is 11.8 Å². The zero-order chi connectivity index (χ0) is 13.0. The van der Waals surface area contributed by atoms with Gasteiger partial charge in [0.05, 0.1) is 5.75 Å². The second kappa shape index (κ2) is 5.92. The molecule has 0 unspecified atom stereocenters. The van der Waals surface area contributed by atoms with Gasteiger partial charge in [-0.3, -0.25) is 0 Å². The van der Waals surface area contributed by atoms with Crippen molar-refractivity contribution in [2.75, 3.05) is 12.0 Å². The molecule has 2 heterocycles. The van der Waals surface area contributed by atoms with Crippen molar-refractivity contribution in [3.63, 3.8) is 0 Å². The summed E-state index contributed by atoms with van der Waals surface area (Å²) in [7, 11) is 0. The van der Waals surface area contributed by atoms with Gasteiger partial charge in [-0.05, 0) is 12.3 Å². The Hall–Kier alpha value is -1.47. The minimum absolute atomic E-state index is 0.444. The summed E-state index contributed by atoms with van der Waals surface area (Å²) in [5.74, 6) is 0.960. The molecule has 2 N–H and O–H groups in total. The van der Waals surface area contributed by atoms with Crippen molar-refractivity contribution in [3.8, 4) is 0 Å². The third-order valence-corrected chi connectivity index (χ3v) is 3.67. The van der Waals surface area contributed by atoms with Crippen LogP contribution in [0.3, 0.4) is 0 Å². The first-order chi connectivity index (χ1) is 8.69. The fourth-order valence-electron chi connectivity index (χ4n) is 1.30. The topological polar surface area (TPSA) is 78.7 Å². The molecule has 0 radical (unpaired) electrons. The average molecular weight is 280 g/mol. The molecule has 5 nitrogen and oxygen atoms in total. The minimum Gasteiger partial charge on any atom is -0.618 e. The molecule has 7 heteroatoms. The van der Waals surface area contributed by atoms with Gasteiger partial charge in [-0.1, -0.05) is 11.8 Å². The van der Waals surface area contributed by atoms with Gasteiger partial charge in [-0.25, -0.2) is 9.97 Å². The third kappa shape index (κ3) is 3.27. The molecule has 2 aromatic heterocycles. The fourth-order valence-corrected chi connectivity index (χ4v) is 2.61. The van der Waals surface area contributed by atoms with Crippen LogP contribution in [0.25, 0.3) is 0 Å². The van der Waals surface area contributed by atoms with E-state index in [1.54, 1.807) is 18.2 Å². The molecule has 2 aromatic rings. The Morgan fingerprint density at radius 1 is 1.39 bits per heavy atom. The molecule has 0 aliphatic heterocycles. The number of nitrogens with zero attached hydrogens (tertiary/aromatic N) is 3. The number of hydrogen-bond acceptors (Lipinski definition) is 6. The van der Waals surface area contributed by atoms with Gasteiger partial charge in [0.25, 0.3) is 0 Å². The van der Waals surface area contributed by atoms with E-state index in [1.165, 1.54) is 29.7 Å². The van der Waals surface area contributed by atoms with Crippen LogP contribution >= 0.6 is 23.5 Å². The van der Waals surface area contributed by atoms with Crippen LogP contribution in [0.15, 0.2) is 40.6 Å². The van der Waals surface area contributed by atoms with Crippen molar-refractivity contribution in [2.45, 2.75) is 15.9 Å². The standard InChI is InChI=1S/C11H12N4OS2/c1-17-10-6-9(12)13-11(14-10)18-7-8-4-2-3-5-15(8)16/h2-6H,7H2,1H3,(H2,12,13,14). The summed E-state index contributed by atoms with van der Waals surface area (Å²) < 4.78 is 0.842. The van der Waals surface area contributed by atoms with E-state index in [1.807, 2.05) is 12.3 Å². The van der Waals surface area contributed by atoms with E-state index in [4.69, 9.17) is 5.73 Å². The second-order valence-corrected chi connectivity index (χ2v) is 5.19. The molecule has 0 aromatic carbocycles. The van der Waals surface area contributed by atoms with Gasteiger partial charge in [-0.2, -0.15) is 4.73 Å². The Labute approximate surface area is 113 Å². The Bertz CT molecular complexity index is 550. The van der Waals surface area contributed by atoms with E-state index < -0.39 is 0 Å². The number of pyridine rings is 1. The highest BCUT2D eigenvalue weighted by Gasteiger charge is 2.08. The van der Waals surface area contributed by atoms with Crippen molar-refractivity contribution in [1.82, 2.24) is 9.97 Å². The van der Waals surface area contributed by atoms with E-state index in [2.05, 4.69) is 9.97 Å². The second-order valence-electron chi connectivity index (χ2n) is 3.42.